The van der Waals surface area contributed by atoms with E-state index in [0.717, 1.165) is 25.4 Å². The van der Waals surface area contributed by atoms with Gasteiger partial charge >= 0.3 is 0 Å². The standard InChI is InChI=1S/C17H30N4S.HI/c1-3-4-9-19-17(18)20-13-15(16-6-5-12-22-16)21-10-7-14(2)8-11-21;/h5-6,12,14-15H,3-4,7-11,13H2,1-2H3,(H3,18,19,20);1H. The third-order valence-electron chi connectivity index (χ3n) is 4.40. The topological polar surface area (TPSA) is 53.6 Å². The zero-order valence-electron chi connectivity index (χ0n) is 14.3. The molecule has 6 heteroatoms. The fraction of sp³-hybridized carbons (Fsp3) is 0.706. The monoisotopic (exact) mass is 450 g/mol. The van der Waals surface area contributed by atoms with Crippen LogP contribution in [0.25, 0.3) is 0 Å². The van der Waals surface area contributed by atoms with E-state index in [1.807, 2.05) is 11.3 Å². The molecule has 2 rings (SSSR count). The summed E-state index contributed by atoms with van der Waals surface area (Å²) in [5, 5.41) is 5.36. The Morgan fingerprint density at radius 1 is 1.48 bits per heavy atom. The average Bonchev–Trinajstić information content (AvgIpc) is 3.04. The Morgan fingerprint density at radius 2 is 2.22 bits per heavy atom. The SMILES string of the molecule is CCCCNC(N)=NCC(c1cccs1)N1CCC(C)CC1.I. The van der Waals surface area contributed by atoms with Gasteiger partial charge in [-0.25, -0.2) is 0 Å². The van der Waals surface area contributed by atoms with Gasteiger partial charge in [0.2, 0.25) is 0 Å². The number of nitrogens with zero attached hydrogens (tertiary/aromatic N) is 2. The molecule has 1 aromatic rings. The molecular weight excluding hydrogens is 419 g/mol. The minimum absolute atomic E-state index is 0. The Hall–Kier alpha value is -0.340. The minimum Gasteiger partial charge on any atom is -0.370 e. The molecular formula is C17H31IN4S. The van der Waals surface area contributed by atoms with Gasteiger partial charge in [0.15, 0.2) is 5.96 Å². The summed E-state index contributed by atoms with van der Waals surface area (Å²) in [7, 11) is 0. The van der Waals surface area contributed by atoms with E-state index in [1.165, 1.54) is 37.2 Å². The normalized spacial score (nSPS) is 18.4. The second-order valence-corrected chi connectivity index (χ2v) is 7.24. The van der Waals surface area contributed by atoms with E-state index in [1.54, 1.807) is 0 Å². The number of nitrogens with two attached hydrogens (primary N) is 1. The maximum Gasteiger partial charge on any atom is 0.188 e. The van der Waals surface area contributed by atoms with Gasteiger partial charge < -0.3 is 11.1 Å². The lowest BCUT2D eigenvalue weighted by atomic mass is 9.97. The highest BCUT2D eigenvalue weighted by Gasteiger charge is 2.25. The molecule has 1 aliphatic rings. The van der Waals surface area contributed by atoms with Gasteiger partial charge in [-0.15, -0.1) is 35.3 Å². The van der Waals surface area contributed by atoms with Crippen LogP contribution in [0.3, 0.4) is 0 Å². The summed E-state index contributed by atoms with van der Waals surface area (Å²) >= 11 is 1.83. The van der Waals surface area contributed by atoms with Crippen molar-refractivity contribution in [2.24, 2.45) is 16.6 Å². The third kappa shape index (κ3) is 6.97. The maximum atomic E-state index is 5.99. The number of hydrogen-bond acceptors (Lipinski definition) is 3. The molecule has 132 valence electrons. The highest BCUT2D eigenvalue weighted by molar-refractivity contribution is 14.0. The number of unbranched alkanes of at least 4 members (excludes halogenated alkanes) is 1. The molecule has 3 N–H and O–H groups in total. The van der Waals surface area contributed by atoms with E-state index in [2.05, 4.69) is 46.6 Å². The second kappa shape index (κ2) is 11.3. The Kier molecular flexibility index (Phi) is 10.1. The van der Waals surface area contributed by atoms with Crippen molar-refractivity contribution in [2.75, 3.05) is 26.2 Å². The summed E-state index contributed by atoms with van der Waals surface area (Å²) < 4.78 is 0. The fourth-order valence-electron chi connectivity index (χ4n) is 2.84. The molecule has 1 aliphatic heterocycles. The van der Waals surface area contributed by atoms with Gasteiger partial charge in [0, 0.05) is 11.4 Å². The molecule has 2 heterocycles. The lowest BCUT2D eigenvalue weighted by Crippen LogP contribution is -2.38. The Balaban J connectivity index is 0.00000264. The van der Waals surface area contributed by atoms with E-state index in [0.29, 0.717) is 12.0 Å². The molecule has 0 bridgehead atoms. The van der Waals surface area contributed by atoms with Crippen molar-refractivity contribution >= 4 is 41.3 Å². The number of rotatable bonds is 7. The molecule has 23 heavy (non-hydrogen) atoms. The summed E-state index contributed by atoms with van der Waals surface area (Å²) in [6.07, 6.45) is 4.88. The van der Waals surface area contributed by atoms with Crippen LogP contribution in [0.4, 0.5) is 0 Å². The smallest absolute Gasteiger partial charge is 0.188 e. The first-order valence-electron chi connectivity index (χ1n) is 8.52. The molecule has 1 unspecified atom stereocenters. The Labute approximate surface area is 161 Å². The van der Waals surface area contributed by atoms with Crippen molar-refractivity contribution in [2.45, 2.75) is 45.6 Å². The van der Waals surface area contributed by atoms with Gasteiger partial charge in [-0.2, -0.15) is 0 Å². The number of halogens is 1. The zero-order valence-corrected chi connectivity index (χ0v) is 17.5. The quantitative estimate of drug-likeness (QED) is 0.287. The van der Waals surface area contributed by atoms with E-state index < -0.39 is 0 Å². The van der Waals surface area contributed by atoms with Crippen molar-refractivity contribution in [1.29, 1.82) is 0 Å². The number of piperidine rings is 1. The molecule has 0 saturated carbocycles. The Bertz CT molecular complexity index is 441. The predicted octanol–water partition coefficient (Wildman–Crippen LogP) is 3.84. The molecule has 0 radical (unpaired) electrons. The number of aliphatic imine (C=N–C) groups is 1. The second-order valence-electron chi connectivity index (χ2n) is 6.26. The molecule has 0 aromatic carbocycles. The van der Waals surface area contributed by atoms with Gasteiger partial charge in [0.1, 0.15) is 0 Å². The van der Waals surface area contributed by atoms with E-state index in [-0.39, 0.29) is 24.0 Å². The summed E-state index contributed by atoms with van der Waals surface area (Å²) in [6, 6.07) is 4.73. The van der Waals surface area contributed by atoms with Crippen LogP contribution >= 0.6 is 35.3 Å². The number of guanidine groups is 1. The van der Waals surface area contributed by atoms with Crippen LogP contribution in [-0.4, -0.2) is 37.0 Å². The van der Waals surface area contributed by atoms with Crippen LogP contribution in [-0.2, 0) is 0 Å². The fourth-order valence-corrected chi connectivity index (χ4v) is 3.69. The van der Waals surface area contributed by atoms with Crippen LogP contribution in [0.15, 0.2) is 22.5 Å². The average molecular weight is 450 g/mol. The molecule has 1 fully saturated rings. The van der Waals surface area contributed by atoms with Gasteiger partial charge in [0.25, 0.3) is 0 Å². The molecule has 0 amide bonds. The van der Waals surface area contributed by atoms with E-state index >= 15 is 0 Å². The molecule has 1 saturated heterocycles. The van der Waals surface area contributed by atoms with Crippen LogP contribution in [0.2, 0.25) is 0 Å². The lowest BCUT2D eigenvalue weighted by molar-refractivity contribution is 0.143. The van der Waals surface area contributed by atoms with Crippen molar-refractivity contribution in [1.82, 2.24) is 10.2 Å². The summed E-state index contributed by atoms with van der Waals surface area (Å²) in [6.45, 7) is 8.53. The molecule has 1 aromatic heterocycles. The van der Waals surface area contributed by atoms with Gasteiger partial charge in [-0.3, -0.25) is 9.89 Å². The van der Waals surface area contributed by atoms with Gasteiger partial charge in [-0.1, -0.05) is 26.3 Å². The highest BCUT2D eigenvalue weighted by Crippen LogP contribution is 2.29. The Morgan fingerprint density at radius 3 is 2.83 bits per heavy atom. The predicted molar refractivity (Wildman–Crippen MR) is 112 cm³/mol. The lowest BCUT2D eigenvalue weighted by Gasteiger charge is -2.35. The maximum absolute atomic E-state index is 5.99. The van der Waals surface area contributed by atoms with Crippen molar-refractivity contribution in [3.63, 3.8) is 0 Å². The highest BCUT2D eigenvalue weighted by atomic mass is 127. The number of hydrogen-bond donors (Lipinski definition) is 2. The first-order valence-corrected chi connectivity index (χ1v) is 9.40. The van der Waals surface area contributed by atoms with Crippen molar-refractivity contribution < 1.29 is 0 Å². The van der Waals surface area contributed by atoms with Crippen LogP contribution in [0.1, 0.15) is 50.4 Å². The van der Waals surface area contributed by atoms with E-state index in [9.17, 15) is 0 Å². The van der Waals surface area contributed by atoms with Crippen molar-refractivity contribution in [3.05, 3.63) is 22.4 Å². The first kappa shape index (κ1) is 20.7. The van der Waals surface area contributed by atoms with E-state index in [4.69, 9.17) is 5.73 Å². The molecule has 0 aliphatic carbocycles. The zero-order chi connectivity index (χ0) is 15.8. The van der Waals surface area contributed by atoms with Crippen molar-refractivity contribution in [3.8, 4) is 0 Å². The molecule has 0 spiro atoms. The number of likely N-dealkylation sites (tertiary alicyclic amines) is 1. The largest absolute Gasteiger partial charge is 0.370 e. The summed E-state index contributed by atoms with van der Waals surface area (Å²) in [5.41, 5.74) is 5.99. The van der Waals surface area contributed by atoms with Gasteiger partial charge in [0.05, 0.1) is 12.6 Å². The first-order chi connectivity index (χ1) is 10.7. The van der Waals surface area contributed by atoms with Crippen LogP contribution < -0.4 is 11.1 Å². The molecule has 1 atom stereocenters. The molecule has 4 nitrogen and oxygen atoms in total. The summed E-state index contributed by atoms with van der Waals surface area (Å²) in [4.78, 5) is 8.58. The van der Waals surface area contributed by atoms with Crippen LogP contribution in [0, 0.1) is 5.92 Å². The summed E-state index contributed by atoms with van der Waals surface area (Å²) in [5.74, 6) is 1.44. The number of nitrogens with one attached hydrogen (secondary N) is 1. The third-order valence-corrected chi connectivity index (χ3v) is 5.38. The number of thiophene rings is 1. The van der Waals surface area contributed by atoms with Crippen LogP contribution in [0.5, 0.6) is 0 Å². The minimum atomic E-state index is 0. The van der Waals surface area contributed by atoms with Gasteiger partial charge in [-0.05, 0) is 49.7 Å².